The predicted molar refractivity (Wildman–Crippen MR) is 83.8 cm³/mol. The number of amides is 1. The number of fused-ring (bicyclic) bond motifs is 1. The van der Waals surface area contributed by atoms with Crippen molar-refractivity contribution in [3.05, 3.63) is 0 Å². The number of carbonyl (C=O) groups excluding carboxylic acids is 1. The van der Waals surface area contributed by atoms with Crippen molar-refractivity contribution in [3.63, 3.8) is 0 Å². The number of rotatable bonds is 3. The molecule has 5 nitrogen and oxygen atoms in total. The number of carboxylic acids is 1. The molecule has 118 valence electrons. The van der Waals surface area contributed by atoms with E-state index in [9.17, 15) is 14.7 Å². The number of nitrogens with zero attached hydrogens (tertiary/aromatic N) is 1. The molecule has 1 amide bonds. The van der Waals surface area contributed by atoms with Crippen LogP contribution in [0.4, 0.5) is 0 Å². The van der Waals surface area contributed by atoms with Gasteiger partial charge in [-0.1, -0.05) is 0 Å². The molecule has 3 rings (SSSR count). The lowest BCUT2D eigenvalue weighted by atomic mass is 9.74. The quantitative estimate of drug-likeness (QED) is 0.837. The second kappa shape index (κ2) is 6.38. The summed E-state index contributed by atoms with van der Waals surface area (Å²) in [6.45, 7) is 1.85. The third-order valence-electron chi connectivity index (χ3n) is 4.77. The summed E-state index contributed by atoms with van der Waals surface area (Å²) in [6.07, 6.45) is 1.06. The number of hydrogen-bond acceptors (Lipinski definition) is 5. The highest BCUT2D eigenvalue weighted by molar-refractivity contribution is 8.06. The minimum absolute atomic E-state index is 0.0546. The van der Waals surface area contributed by atoms with Gasteiger partial charge in [0.2, 0.25) is 5.91 Å². The number of carboxylic acid groups (broad SMARTS) is 1. The summed E-state index contributed by atoms with van der Waals surface area (Å²) in [5, 5.41) is 10.0. The fourth-order valence-electron chi connectivity index (χ4n) is 3.47. The van der Waals surface area contributed by atoms with Gasteiger partial charge in [0.25, 0.3) is 0 Å². The second-order valence-corrected chi connectivity index (χ2v) is 8.59. The van der Waals surface area contributed by atoms with Crippen LogP contribution in [0, 0.1) is 11.3 Å². The molecular weight excluding hydrogens is 310 g/mol. The Hall–Kier alpha value is -0.400. The highest BCUT2D eigenvalue weighted by atomic mass is 32.2. The van der Waals surface area contributed by atoms with E-state index in [4.69, 9.17) is 4.74 Å². The highest BCUT2D eigenvalue weighted by Gasteiger charge is 2.54. The van der Waals surface area contributed by atoms with Crippen LogP contribution >= 0.6 is 23.5 Å². The van der Waals surface area contributed by atoms with Crippen molar-refractivity contribution in [2.75, 3.05) is 43.6 Å². The smallest absolute Gasteiger partial charge is 0.311 e. The molecule has 3 atom stereocenters. The molecule has 0 aromatic rings. The normalized spacial score (nSPS) is 36.3. The molecule has 21 heavy (non-hydrogen) atoms. The average Bonchev–Trinajstić information content (AvgIpc) is 2.89. The molecule has 0 aromatic carbocycles. The van der Waals surface area contributed by atoms with Gasteiger partial charge >= 0.3 is 5.97 Å². The van der Waals surface area contributed by atoms with E-state index in [1.807, 2.05) is 23.5 Å². The molecule has 3 aliphatic rings. The number of likely N-dealkylation sites (tertiary alicyclic amines) is 1. The topological polar surface area (TPSA) is 66.8 Å². The number of hydrogen-bond donors (Lipinski definition) is 1. The van der Waals surface area contributed by atoms with Crippen molar-refractivity contribution < 1.29 is 19.4 Å². The van der Waals surface area contributed by atoms with Crippen molar-refractivity contribution in [2.24, 2.45) is 11.3 Å². The van der Waals surface area contributed by atoms with E-state index < -0.39 is 11.4 Å². The number of thioether (sulfide) groups is 2. The largest absolute Gasteiger partial charge is 0.481 e. The molecule has 1 N–H and O–H groups in total. The Balaban J connectivity index is 1.64. The molecule has 3 aliphatic heterocycles. The first-order chi connectivity index (χ1) is 10.1. The van der Waals surface area contributed by atoms with Gasteiger partial charge in [-0.05, 0) is 6.42 Å². The van der Waals surface area contributed by atoms with Gasteiger partial charge in [0, 0.05) is 54.5 Å². The zero-order valence-corrected chi connectivity index (χ0v) is 13.6. The fourth-order valence-corrected chi connectivity index (χ4v) is 6.14. The van der Waals surface area contributed by atoms with Crippen LogP contribution in [0.3, 0.4) is 0 Å². The van der Waals surface area contributed by atoms with Crippen molar-refractivity contribution in [2.45, 2.75) is 18.1 Å². The summed E-state index contributed by atoms with van der Waals surface area (Å²) in [5.41, 5.74) is -0.775. The fraction of sp³-hybridized carbons (Fsp3) is 0.857. The second-order valence-electron chi connectivity index (χ2n) is 6.03. The molecule has 3 saturated heterocycles. The first kappa shape index (κ1) is 15.5. The van der Waals surface area contributed by atoms with Crippen LogP contribution in [0.25, 0.3) is 0 Å². The Morgan fingerprint density at radius 3 is 2.90 bits per heavy atom. The van der Waals surface area contributed by atoms with E-state index in [0.29, 0.717) is 44.4 Å². The van der Waals surface area contributed by atoms with Crippen molar-refractivity contribution >= 4 is 35.4 Å². The van der Waals surface area contributed by atoms with E-state index >= 15 is 0 Å². The molecule has 0 aromatic heterocycles. The Kier molecular flexibility index (Phi) is 4.71. The lowest BCUT2D eigenvalue weighted by Crippen LogP contribution is -2.45. The molecule has 0 spiro atoms. The highest BCUT2D eigenvalue weighted by Crippen LogP contribution is 2.43. The van der Waals surface area contributed by atoms with Gasteiger partial charge in [-0.2, -0.15) is 23.5 Å². The Bertz CT molecular complexity index is 427. The van der Waals surface area contributed by atoms with Gasteiger partial charge in [0.1, 0.15) is 0 Å². The lowest BCUT2D eigenvalue weighted by Gasteiger charge is -2.33. The maximum atomic E-state index is 12.5. The van der Waals surface area contributed by atoms with Crippen LogP contribution in [0.2, 0.25) is 0 Å². The van der Waals surface area contributed by atoms with Crippen LogP contribution in [0.15, 0.2) is 0 Å². The van der Waals surface area contributed by atoms with Gasteiger partial charge in [0.15, 0.2) is 0 Å². The summed E-state index contributed by atoms with van der Waals surface area (Å²) in [7, 11) is 0. The first-order valence-corrected chi connectivity index (χ1v) is 9.60. The SMILES string of the molecule is O=C(CC1CSCCS1)N1C[C@H]2COCC[C@@]2(C(=O)O)C1. The minimum Gasteiger partial charge on any atom is -0.481 e. The number of ether oxygens (including phenoxy) is 1. The summed E-state index contributed by atoms with van der Waals surface area (Å²) in [6, 6.07) is 0. The van der Waals surface area contributed by atoms with Crippen LogP contribution in [0.1, 0.15) is 12.8 Å². The molecule has 0 radical (unpaired) electrons. The van der Waals surface area contributed by atoms with E-state index in [1.54, 1.807) is 4.90 Å². The zero-order chi connectivity index (χ0) is 14.9. The minimum atomic E-state index is -0.775. The van der Waals surface area contributed by atoms with Crippen molar-refractivity contribution in [1.82, 2.24) is 4.90 Å². The molecule has 0 aliphatic carbocycles. The van der Waals surface area contributed by atoms with Gasteiger partial charge in [-0.15, -0.1) is 0 Å². The zero-order valence-electron chi connectivity index (χ0n) is 12.0. The summed E-state index contributed by atoms with van der Waals surface area (Å²) in [5.74, 6) is 2.60. The molecule has 7 heteroatoms. The maximum absolute atomic E-state index is 12.5. The van der Waals surface area contributed by atoms with Crippen LogP contribution in [0.5, 0.6) is 0 Å². The van der Waals surface area contributed by atoms with E-state index in [2.05, 4.69) is 0 Å². The molecule has 3 fully saturated rings. The number of carbonyl (C=O) groups is 2. The monoisotopic (exact) mass is 331 g/mol. The first-order valence-electron chi connectivity index (χ1n) is 7.40. The van der Waals surface area contributed by atoms with Crippen molar-refractivity contribution in [3.8, 4) is 0 Å². The van der Waals surface area contributed by atoms with Gasteiger partial charge < -0.3 is 14.7 Å². The Labute approximate surface area is 133 Å². The number of aliphatic carboxylic acids is 1. The predicted octanol–water partition coefficient (Wildman–Crippen LogP) is 1.17. The molecule has 0 saturated carbocycles. The van der Waals surface area contributed by atoms with Crippen LogP contribution < -0.4 is 0 Å². The van der Waals surface area contributed by atoms with Gasteiger partial charge in [0.05, 0.1) is 12.0 Å². The summed E-state index contributed by atoms with van der Waals surface area (Å²) < 4.78 is 5.43. The molecule has 3 heterocycles. The standard InChI is InChI=1S/C14H21NO4S2/c16-12(5-11-8-20-3-4-21-11)15-6-10-7-19-2-1-14(10,9-15)13(17)18/h10-11H,1-9H2,(H,17,18)/t10-,11?,14+/m0/s1. The van der Waals surface area contributed by atoms with Crippen LogP contribution in [-0.2, 0) is 14.3 Å². The summed E-state index contributed by atoms with van der Waals surface area (Å²) >= 11 is 3.78. The lowest BCUT2D eigenvalue weighted by molar-refractivity contribution is -0.157. The maximum Gasteiger partial charge on any atom is 0.311 e. The van der Waals surface area contributed by atoms with Crippen molar-refractivity contribution in [1.29, 1.82) is 0 Å². The summed E-state index contributed by atoms with van der Waals surface area (Å²) in [4.78, 5) is 26.0. The van der Waals surface area contributed by atoms with E-state index in [-0.39, 0.29) is 11.8 Å². The molecule has 1 unspecified atom stereocenters. The molecule has 0 bridgehead atoms. The average molecular weight is 331 g/mol. The van der Waals surface area contributed by atoms with E-state index in [0.717, 1.165) is 11.5 Å². The van der Waals surface area contributed by atoms with Crippen LogP contribution in [-0.4, -0.2) is 70.7 Å². The Morgan fingerprint density at radius 1 is 1.38 bits per heavy atom. The van der Waals surface area contributed by atoms with Gasteiger partial charge in [-0.3, -0.25) is 9.59 Å². The molecular formula is C14H21NO4S2. The van der Waals surface area contributed by atoms with E-state index in [1.165, 1.54) is 5.75 Å². The van der Waals surface area contributed by atoms with Gasteiger partial charge in [-0.25, -0.2) is 0 Å². The third kappa shape index (κ3) is 3.05. The Morgan fingerprint density at radius 2 is 2.24 bits per heavy atom. The third-order valence-corrected chi connectivity index (χ3v) is 7.62.